The summed E-state index contributed by atoms with van der Waals surface area (Å²) in [5, 5.41) is 2.09. The molecule has 0 fully saturated rings. The van der Waals surface area contributed by atoms with E-state index in [4.69, 9.17) is 23.6 Å². The second-order valence-corrected chi connectivity index (χ2v) is 15.1. The van der Waals surface area contributed by atoms with Crippen molar-refractivity contribution >= 4 is 28.0 Å². The second kappa shape index (κ2) is 17.4. The van der Waals surface area contributed by atoms with E-state index in [1.165, 1.54) is 0 Å². The highest BCUT2D eigenvalue weighted by Crippen LogP contribution is 2.43. The summed E-state index contributed by atoms with van der Waals surface area (Å²) in [5.74, 6) is 2.38. The molecule has 0 atom stereocenters. The molecule has 0 saturated heterocycles. The molecular weight excluding hydrogens is 725 g/mol. The molecule has 2 aliphatic heterocycles. The summed E-state index contributed by atoms with van der Waals surface area (Å²) < 4.78 is 28.5. The minimum atomic E-state index is 0.335. The lowest BCUT2D eigenvalue weighted by Gasteiger charge is -2.28. The van der Waals surface area contributed by atoms with Gasteiger partial charge in [0.2, 0.25) is 5.36 Å². The SMILES string of the molecule is Cc1ccc2c(c1)OCCOc1cc(-c3c4ccc(=[N+](C)C)cc-4oc4cc(N(C)C)ccc34)ccc1N(Cc1ccccn1)CCOCCN2Cc1ccccn1. The normalized spacial score (nSPS) is 13.8. The number of nitrogens with zero attached hydrogens (tertiary/aromatic N) is 6. The Bertz CT molecular complexity index is 2540. The van der Waals surface area contributed by atoms with Gasteiger partial charge >= 0.3 is 0 Å². The molecule has 8 rings (SSSR count). The Hall–Kier alpha value is -6.39. The highest BCUT2D eigenvalue weighted by atomic mass is 16.5. The van der Waals surface area contributed by atoms with Gasteiger partial charge in [-0.3, -0.25) is 9.97 Å². The van der Waals surface area contributed by atoms with Gasteiger partial charge < -0.3 is 33.3 Å². The number of fused-ring (bicyclic) bond motifs is 4. The molecule has 10 heteroatoms. The van der Waals surface area contributed by atoms with Gasteiger partial charge in [-0.25, -0.2) is 4.58 Å². The third kappa shape index (κ3) is 8.62. The van der Waals surface area contributed by atoms with Gasteiger partial charge in [0, 0.05) is 73.9 Å². The zero-order chi connectivity index (χ0) is 40.0. The average molecular weight is 776 g/mol. The lowest BCUT2D eigenvalue weighted by atomic mass is 9.93. The van der Waals surface area contributed by atoms with E-state index in [2.05, 4.69) is 116 Å². The minimum absolute atomic E-state index is 0.335. The molecule has 0 radical (unpaired) electrons. The smallest absolute Gasteiger partial charge is 0.203 e. The van der Waals surface area contributed by atoms with Crippen molar-refractivity contribution < 1.29 is 18.6 Å². The van der Waals surface area contributed by atoms with E-state index >= 15 is 0 Å². The van der Waals surface area contributed by atoms with Crippen molar-refractivity contribution in [3.05, 3.63) is 144 Å². The van der Waals surface area contributed by atoms with E-state index in [-0.39, 0.29) is 0 Å². The van der Waals surface area contributed by atoms with Gasteiger partial charge in [-0.15, -0.1) is 0 Å². The first kappa shape index (κ1) is 38.5. The van der Waals surface area contributed by atoms with E-state index in [1.807, 2.05) is 64.8 Å². The first-order valence-electron chi connectivity index (χ1n) is 19.9. The Morgan fingerprint density at radius 3 is 1.95 bits per heavy atom. The maximum atomic E-state index is 6.80. The lowest BCUT2D eigenvalue weighted by molar-refractivity contribution is 0.145. The number of benzene rings is 4. The van der Waals surface area contributed by atoms with Crippen molar-refractivity contribution in [3.63, 3.8) is 0 Å². The Labute approximate surface area is 340 Å². The first-order valence-corrected chi connectivity index (χ1v) is 19.9. The topological polar surface area (TPSA) is 79.3 Å². The maximum absolute atomic E-state index is 6.80. The third-order valence-corrected chi connectivity index (χ3v) is 10.5. The van der Waals surface area contributed by atoms with Gasteiger partial charge in [0.25, 0.3) is 0 Å². The van der Waals surface area contributed by atoms with Crippen molar-refractivity contribution in [2.45, 2.75) is 20.0 Å². The van der Waals surface area contributed by atoms with Gasteiger partial charge in [0.05, 0.1) is 55.1 Å². The van der Waals surface area contributed by atoms with Gasteiger partial charge in [-0.05, 0) is 84.8 Å². The average Bonchev–Trinajstić information content (AvgIpc) is 3.24. The predicted molar refractivity (Wildman–Crippen MR) is 233 cm³/mol. The van der Waals surface area contributed by atoms with Crippen molar-refractivity contribution in [2.75, 3.05) is 82.4 Å². The van der Waals surface area contributed by atoms with Crippen LogP contribution in [0.15, 0.2) is 126 Å². The molecule has 0 spiro atoms. The molecule has 0 amide bonds. The number of ether oxygens (including phenoxy) is 3. The van der Waals surface area contributed by atoms with Crippen LogP contribution in [0.25, 0.3) is 33.4 Å². The van der Waals surface area contributed by atoms with E-state index < -0.39 is 0 Å². The standard InChI is InChI=1S/C48H51N6O4/c1-34-12-18-42-46(28-34)56-26-27-57-47-29-35(48-40-16-14-38(51(2)3)30-44(40)58-45-31-39(52(4)5)15-17-41(45)48)13-19-43(47)54(33-37-11-7-9-21-50-37)23-25-55-24-22-53(42)32-36-10-6-8-20-49-36/h6-21,28-31H,22-27,32-33H2,1-5H3/q+1. The van der Waals surface area contributed by atoms with Crippen molar-refractivity contribution in [1.82, 2.24) is 14.5 Å². The fourth-order valence-electron chi connectivity index (χ4n) is 7.48. The summed E-state index contributed by atoms with van der Waals surface area (Å²) >= 11 is 0. The fraction of sp³-hybridized carbons (Fsp3) is 0.271. The largest absolute Gasteiger partial charge is 0.488 e. The summed E-state index contributed by atoms with van der Waals surface area (Å²) in [5.41, 5.74) is 10.0. The highest BCUT2D eigenvalue weighted by Gasteiger charge is 2.23. The Kier molecular flexibility index (Phi) is 11.5. The Morgan fingerprint density at radius 1 is 0.672 bits per heavy atom. The predicted octanol–water partition coefficient (Wildman–Crippen LogP) is 7.90. The zero-order valence-corrected chi connectivity index (χ0v) is 34.0. The molecular formula is C48H51N6O4+. The third-order valence-electron chi connectivity index (χ3n) is 10.5. The number of pyridine rings is 2. The molecule has 0 unspecified atom stereocenters. The Balaban J connectivity index is 1.21. The number of anilines is 3. The lowest BCUT2D eigenvalue weighted by Crippen LogP contribution is -2.31. The van der Waals surface area contributed by atoms with E-state index in [0.717, 1.165) is 84.3 Å². The van der Waals surface area contributed by atoms with Crippen LogP contribution in [0.4, 0.5) is 17.1 Å². The molecule has 3 aromatic carbocycles. The minimum Gasteiger partial charge on any atom is -0.488 e. The van der Waals surface area contributed by atoms with Gasteiger partial charge in [-0.2, -0.15) is 0 Å². The van der Waals surface area contributed by atoms with Crippen LogP contribution in [-0.4, -0.2) is 77.7 Å². The van der Waals surface area contributed by atoms with Crippen LogP contribution >= 0.6 is 0 Å². The highest BCUT2D eigenvalue weighted by molar-refractivity contribution is 6.03. The zero-order valence-electron chi connectivity index (χ0n) is 34.0. The number of hydrogen-bond donors (Lipinski definition) is 0. The fourth-order valence-corrected chi connectivity index (χ4v) is 7.48. The molecule has 1 aliphatic carbocycles. The summed E-state index contributed by atoms with van der Waals surface area (Å²) in [4.78, 5) is 16.0. The van der Waals surface area contributed by atoms with Gasteiger partial charge in [-0.1, -0.05) is 24.3 Å². The second-order valence-electron chi connectivity index (χ2n) is 15.1. The number of aryl methyl sites for hydroxylation is 1. The summed E-state index contributed by atoms with van der Waals surface area (Å²) in [6.45, 7) is 6.34. The number of hydrogen-bond acceptors (Lipinski definition) is 9. The van der Waals surface area contributed by atoms with Crippen molar-refractivity contribution in [3.8, 4) is 33.9 Å². The summed E-state index contributed by atoms with van der Waals surface area (Å²) in [6, 6.07) is 37.8. The van der Waals surface area contributed by atoms with E-state index in [9.17, 15) is 0 Å². The molecule has 3 aliphatic rings. The molecule has 5 aromatic rings. The molecule has 10 nitrogen and oxygen atoms in total. The van der Waals surface area contributed by atoms with Gasteiger partial charge in [0.15, 0.2) is 0 Å². The van der Waals surface area contributed by atoms with E-state index in [0.29, 0.717) is 52.6 Å². The van der Waals surface area contributed by atoms with Crippen LogP contribution in [0.3, 0.4) is 0 Å². The molecule has 0 saturated carbocycles. The van der Waals surface area contributed by atoms with Crippen molar-refractivity contribution in [1.29, 1.82) is 0 Å². The molecule has 296 valence electrons. The first-order chi connectivity index (χ1) is 28.3. The molecule has 0 bridgehead atoms. The molecule has 0 N–H and O–H groups in total. The molecule has 2 aromatic heterocycles. The number of aromatic nitrogens is 2. The molecule has 58 heavy (non-hydrogen) atoms. The number of rotatable bonds is 6. The summed E-state index contributed by atoms with van der Waals surface area (Å²) in [7, 11) is 8.18. The van der Waals surface area contributed by atoms with Gasteiger partial charge in [0.1, 0.15) is 50.2 Å². The Morgan fingerprint density at radius 2 is 1.33 bits per heavy atom. The molecule has 4 heterocycles. The quantitative estimate of drug-likeness (QED) is 0.124. The maximum Gasteiger partial charge on any atom is 0.203 e. The van der Waals surface area contributed by atoms with Crippen LogP contribution in [-0.2, 0) is 17.8 Å². The van der Waals surface area contributed by atoms with Crippen LogP contribution in [0.1, 0.15) is 17.0 Å². The van der Waals surface area contributed by atoms with Crippen LogP contribution in [0.2, 0.25) is 0 Å². The van der Waals surface area contributed by atoms with Crippen LogP contribution in [0.5, 0.6) is 11.5 Å². The summed E-state index contributed by atoms with van der Waals surface area (Å²) in [6.07, 6.45) is 3.68. The van der Waals surface area contributed by atoms with E-state index in [1.54, 1.807) is 0 Å². The van der Waals surface area contributed by atoms with Crippen LogP contribution < -0.4 is 34.1 Å². The van der Waals surface area contributed by atoms with Crippen molar-refractivity contribution in [2.24, 2.45) is 0 Å². The van der Waals surface area contributed by atoms with Crippen LogP contribution in [0, 0.1) is 6.92 Å². The monoisotopic (exact) mass is 775 g/mol.